The molecule has 0 radical (unpaired) electrons. The van der Waals surface area contributed by atoms with Gasteiger partial charge in [0.15, 0.2) is 5.78 Å². The van der Waals surface area contributed by atoms with Gasteiger partial charge in [0.1, 0.15) is 0 Å². The maximum atomic E-state index is 11.8. The van der Waals surface area contributed by atoms with Crippen molar-refractivity contribution >= 4 is 5.78 Å². The SMILES string of the molecule is C[C@]12CCC3=C4CCC(=O)C=C4CC[C@H]3[C@]1(C)CC[C@@]2(O)CN. The van der Waals surface area contributed by atoms with Crippen LogP contribution in [0.15, 0.2) is 22.8 Å². The summed E-state index contributed by atoms with van der Waals surface area (Å²) in [6.45, 7) is 5.05. The molecule has 3 nitrogen and oxygen atoms in total. The van der Waals surface area contributed by atoms with Gasteiger partial charge in [-0.25, -0.2) is 0 Å². The highest BCUT2D eigenvalue weighted by Crippen LogP contribution is 2.69. The third kappa shape index (κ3) is 1.81. The van der Waals surface area contributed by atoms with E-state index >= 15 is 0 Å². The normalized spacial score (nSPS) is 46.2. The average molecular weight is 315 g/mol. The molecule has 4 aliphatic rings. The highest BCUT2D eigenvalue weighted by Gasteiger charge is 2.66. The summed E-state index contributed by atoms with van der Waals surface area (Å²) in [5.41, 5.74) is 9.75. The minimum atomic E-state index is -0.712. The largest absolute Gasteiger partial charge is 0.388 e. The highest BCUT2D eigenvalue weighted by molar-refractivity contribution is 5.93. The molecule has 4 atom stereocenters. The van der Waals surface area contributed by atoms with E-state index in [4.69, 9.17) is 5.73 Å². The van der Waals surface area contributed by atoms with E-state index in [1.54, 1.807) is 5.57 Å². The molecular formula is C20H29NO2. The van der Waals surface area contributed by atoms with Crippen LogP contribution < -0.4 is 5.73 Å². The molecule has 3 N–H and O–H groups in total. The highest BCUT2D eigenvalue weighted by atomic mass is 16.3. The lowest BCUT2D eigenvalue weighted by Crippen LogP contribution is -2.57. The second-order valence-electron chi connectivity index (χ2n) is 8.72. The lowest BCUT2D eigenvalue weighted by atomic mass is 9.48. The van der Waals surface area contributed by atoms with Crippen LogP contribution in [0.4, 0.5) is 0 Å². The Hall–Kier alpha value is -0.930. The number of carbonyl (C=O) groups excluding carboxylic acids is 1. The van der Waals surface area contributed by atoms with Gasteiger partial charge in [-0.2, -0.15) is 0 Å². The van der Waals surface area contributed by atoms with Gasteiger partial charge in [0.05, 0.1) is 5.60 Å². The van der Waals surface area contributed by atoms with Gasteiger partial charge in [-0.05, 0) is 73.5 Å². The van der Waals surface area contributed by atoms with Gasteiger partial charge in [-0.1, -0.05) is 19.4 Å². The van der Waals surface area contributed by atoms with Gasteiger partial charge in [-0.15, -0.1) is 0 Å². The van der Waals surface area contributed by atoms with Crippen molar-refractivity contribution in [2.24, 2.45) is 22.5 Å². The van der Waals surface area contributed by atoms with Crippen LogP contribution in [0.25, 0.3) is 0 Å². The molecule has 0 aromatic carbocycles. The fourth-order valence-corrected chi connectivity index (χ4v) is 6.40. The molecule has 23 heavy (non-hydrogen) atoms. The fraction of sp³-hybridized carbons (Fsp3) is 0.750. The van der Waals surface area contributed by atoms with Crippen molar-refractivity contribution in [3.05, 3.63) is 22.8 Å². The van der Waals surface area contributed by atoms with Gasteiger partial charge < -0.3 is 10.8 Å². The van der Waals surface area contributed by atoms with E-state index in [1.165, 1.54) is 11.1 Å². The quantitative estimate of drug-likeness (QED) is 0.780. The number of allylic oxidation sites excluding steroid dienone is 4. The number of aliphatic hydroxyl groups is 1. The summed E-state index contributed by atoms with van der Waals surface area (Å²) >= 11 is 0. The van der Waals surface area contributed by atoms with Crippen molar-refractivity contribution < 1.29 is 9.90 Å². The standard InChI is InChI=1S/C20H29NO2/c1-18-9-10-20(23,12-21)19(18,2)8-7-16-15-5-4-14(22)11-13(15)3-6-17(16)18/h11,17,23H,3-10,12,21H2,1-2H3/t17-,18+,19+,20-/m1/s1. The van der Waals surface area contributed by atoms with Crippen molar-refractivity contribution in [3.8, 4) is 0 Å². The number of carbonyl (C=O) groups is 1. The first-order chi connectivity index (χ1) is 10.8. The molecule has 0 bridgehead atoms. The number of nitrogens with two attached hydrogens (primary N) is 1. The summed E-state index contributed by atoms with van der Waals surface area (Å²) in [5, 5.41) is 11.2. The minimum absolute atomic E-state index is 0.0881. The summed E-state index contributed by atoms with van der Waals surface area (Å²) in [5.74, 6) is 0.857. The molecule has 2 saturated carbocycles. The maximum absolute atomic E-state index is 11.8. The van der Waals surface area contributed by atoms with Crippen LogP contribution in [0.3, 0.4) is 0 Å². The predicted molar refractivity (Wildman–Crippen MR) is 90.8 cm³/mol. The first-order valence-electron chi connectivity index (χ1n) is 9.23. The lowest BCUT2D eigenvalue weighted by Gasteiger charge is -2.58. The maximum Gasteiger partial charge on any atom is 0.156 e. The summed E-state index contributed by atoms with van der Waals surface area (Å²) in [6, 6.07) is 0. The Morgan fingerprint density at radius 3 is 2.70 bits per heavy atom. The molecule has 0 aromatic rings. The summed E-state index contributed by atoms with van der Waals surface area (Å²) < 4.78 is 0. The zero-order valence-electron chi connectivity index (χ0n) is 14.5. The van der Waals surface area contributed by atoms with Gasteiger partial charge in [0.25, 0.3) is 0 Å². The molecular weight excluding hydrogens is 286 g/mol. The molecule has 0 saturated heterocycles. The third-order valence-electron chi connectivity index (χ3n) is 8.20. The topological polar surface area (TPSA) is 63.3 Å². The predicted octanol–water partition coefficient (Wildman–Crippen LogP) is 3.27. The number of hydrogen-bond donors (Lipinski definition) is 2. The average Bonchev–Trinajstić information content (AvgIpc) is 2.76. The van der Waals surface area contributed by atoms with E-state index in [2.05, 4.69) is 13.8 Å². The molecule has 3 heteroatoms. The Balaban J connectivity index is 1.80. The van der Waals surface area contributed by atoms with Crippen molar-refractivity contribution in [2.45, 2.75) is 70.8 Å². The van der Waals surface area contributed by atoms with E-state index in [-0.39, 0.29) is 10.8 Å². The zero-order valence-corrected chi connectivity index (χ0v) is 14.5. The minimum Gasteiger partial charge on any atom is -0.388 e. The number of fused-ring (bicyclic) bond motifs is 4. The van der Waals surface area contributed by atoms with Crippen LogP contribution in [-0.2, 0) is 4.79 Å². The van der Waals surface area contributed by atoms with E-state index in [0.29, 0.717) is 24.7 Å². The fourth-order valence-electron chi connectivity index (χ4n) is 6.40. The molecule has 126 valence electrons. The van der Waals surface area contributed by atoms with Crippen LogP contribution in [0, 0.1) is 16.7 Å². The summed E-state index contributed by atoms with van der Waals surface area (Å²) in [7, 11) is 0. The Morgan fingerprint density at radius 2 is 1.96 bits per heavy atom. The van der Waals surface area contributed by atoms with Crippen LogP contribution in [0.5, 0.6) is 0 Å². The van der Waals surface area contributed by atoms with E-state index in [0.717, 1.165) is 44.9 Å². The van der Waals surface area contributed by atoms with Crippen molar-refractivity contribution in [3.63, 3.8) is 0 Å². The van der Waals surface area contributed by atoms with E-state index in [1.807, 2.05) is 6.08 Å². The Bertz CT molecular complexity index is 634. The first-order valence-corrected chi connectivity index (χ1v) is 9.23. The van der Waals surface area contributed by atoms with Crippen LogP contribution in [0.2, 0.25) is 0 Å². The Labute approximate surface area is 139 Å². The van der Waals surface area contributed by atoms with Crippen LogP contribution in [-0.4, -0.2) is 23.0 Å². The number of hydrogen-bond acceptors (Lipinski definition) is 3. The molecule has 4 rings (SSSR count). The Morgan fingerprint density at radius 1 is 1.17 bits per heavy atom. The van der Waals surface area contributed by atoms with Gasteiger partial charge in [-0.3, -0.25) is 4.79 Å². The molecule has 2 fully saturated rings. The number of ketones is 1. The van der Waals surface area contributed by atoms with Crippen molar-refractivity contribution in [1.82, 2.24) is 0 Å². The van der Waals surface area contributed by atoms with Crippen molar-refractivity contribution in [1.29, 1.82) is 0 Å². The molecule has 0 spiro atoms. The zero-order chi connectivity index (χ0) is 16.5. The first kappa shape index (κ1) is 15.6. The molecule has 0 aromatic heterocycles. The van der Waals surface area contributed by atoms with Gasteiger partial charge >= 0.3 is 0 Å². The Kier molecular flexibility index (Phi) is 3.25. The number of rotatable bonds is 1. The van der Waals surface area contributed by atoms with Crippen molar-refractivity contribution in [2.75, 3.05) is 6.54 Å². The molecule has 4 aliphatic carbocycles. The second-order valence-corrected chi connectivity index (χ2v) is 8.72. The summed E-state index contributed by atoms with van der Waals surface area (Å²) in [6.07, 6.45) is 9.66. The smallest absolute Gasteiger partial charge is 0.156 e. The second kappa shape index (κ2) is 4.80. The van der Waals surface area contributed by atoms with Crippen LogP contribution >= 0.6 is 0 Å². The van der Waals surface area contributed by atoms with E-state index < -0.39 is 5.60 Å². The molecule has 0 unspecified atom stereocenters. The van der Waals surface area contributed by atoms with Gasteiger partial charge in [0, 0.05) is 18.4 Å². The molecule has 0 heterocycles. The lowest BCUT2D eigenvalue weighted by molar-refractivity contribution is -0.118. The summed E-state index contributed by atoms with van der Waals surface area (Å²) in [4.78, 5) is 11.8. The van der Waals surface area contributed by atoms with Gasteiger partial charge in [0.2, 0.25) is 0 Å². The molecule has 0 amide bonds. The van der Waals surface area contributed by atoms with E-state index in [9.17, 15) is 9.90 Å². The molecule has 0 aliphatic heterocycles. The monoisotopic (exact) mass is 315 g/mol. The third-order valence-corrected chi connectivity index (χ3v) is 8.20. The van der Waals surface area contributed by atoms with Crippen LogP contribution in [0.1, 0.15) is 65.2 Å².